The van der Waals surface area contributed by atoms with Gasteiger partial charge in [0.2, 0.25) is 0 Å². The largest absolute Gasteiger partial charge is 0.272 e. The molecule has 9 nitrogen and oxygen atoms in total. The summed E-state index contributed by atoms with van der Waals surface area (Å²) in [5.74, 6) is 0.361. The monoisotopic (exact) mass is 520 g/mol. The quantitative estimate of drug-likeness (QED) is 0.143. The second-order valence-corrected chi connectivity index (χ2v) is 9.19. The minimum absolute atomic E-state index is 0.0114. The Morgan fingerprint density at radius 3 is 2.36 bits per heavy atom. The van der Waals surface area contributed by atoms with Crippen molar-refractivity contribution in [1.29, 1.82) is 0 Å². The summed E-state index contributed by atoms with van der Waals surface area (Å²) in [6.45, 7) is 3.72. The van der Waals surface area contributed by atoms with Crippen molar-refractivity contribution in [2.45, 2.75) is 19.0 Å². The minimum atomic E-state index is -0.469. The molecule has 0 bridgehead atoms. The van der Waals surface area contributed by atoms with Crippen LogP contribution in [0.1, 0.15) is 18.1 Å². The van der Waals surface area contributed by atoms with Crippen molar-refractivity contribution in [2.75, 3.05) is 5.75 Å². The molecule has 0 spiro atoms. The fourth-order valence-electron chi connectivity index (χ4n) is 3.27. The summed E-state index contributed by atoms with van der Waals surface area (Å²) in [5, 5.41) is 24.8. The first kappa shape index (κ1) is 25.1. The van der Waals surface area contributed by atoms with Gasteiger partial charge in [0, 0.05) is 28.4 Å². The van der Waals surface area contributed by atoms with Crippen LogP contribution < -0.4 is 5.43 Å². The Balaban J connectivity index is 1.50. The lowest BCUT2D eigenvalue weighted by molar-refractivity contribution is -0.384. The second-order valence-electron chi connectivity index (χ2n) is 7.81. The van der Waals surface area contributed by atoms with Crippen molar-refractivity contribution in [3.05, 3.63) is 99.1 Å². The van der Waals surface area contributed by atoms with E-state index in [0.29, 0.717) is 27.3 Å². The average Bonchev–Trinajstić information content (AvgIpc) is 3.31. The van der Waals surface area contributed by atoms with Crippen LogP contribution in [0, 0.1) is 17.0 Å². The zero-order chi connectivity index (χ0) is 25.7. The third-order valence-corrected chi connectivity index (χ3v) is 6.39. The number of hydrogen-bond donors (Lipinski definition) is 1. The number of nitrogens with zero attached hydrogens (tertiary/aromatic N) is 5. The number of carbonyl (C=O) groups is 1. The predicted molar refractivity (Wildman–Crippen MR) is 141 cm³/mol. The lowest BCUT2D eigenvalue weighted by Crippen LogP contribution is -2.21. The van der Waals surface area contributed by atoms with E-state index in [1.807, 2.05) is 47.9 Å². The molecule has 1 aromatic heterocycles. The van der Waals surface area contributed by atoms with E-state index >= 15 is 0 Å². The van der Waals surface area contributed by atoms with E-state index in [9.17, 15) is 14.9 Å². The number of aryl methyl sites for hydroxylation is 1. The van der Waals surface area contributed by atoms with Crippen LogP contribution in [0.15, 0.2) is 83.1 Å². The average molecular weight is 521 g/mol. The molecule has 3 aromatic carbocycles. The Morgan fingerprint density at radius 1 is 1.06 bits per heavy atom. The lowest BCUT2D eigenvalue weighted by atomic mass is 10.1. The van der Waals surface area contributed by atoms with E-state index < -0.39 is 4.92 Å². The van der Waals surface area contributed by atoms with E-state index in [-0.39, 0.29) is 17.3 Å². The van der Waals surface area contributed by atoms with Gasteiger partial charge in [-0.2, -0.15) is 5.10 Å². The van der Waals surface area contributed by atoms with Crippen LogP contribution >= 0.6 is 23.4 Å². The van der Waals surface area contributed by atoms with Crippen LogP contribution in [-0.4, -0.2) is 37.1 Å². The first-order valence-corrected chi connectivity index (χ1v) is 12.2. The molecule has 36 heavy (non-hydrogen) atoms. The van der Waals surface area contributed by atoms with Gasteiger partial charge in [-0.1, -0.05) is 41.1 Å². The van der Waals surface area contributed by atoms with Crippen molar-refractivity contribution in [2.24, 2.45) is 5.10 Å². The third-order valence-electron chi connectivity index (χ3n) is 5.20. The maximum absolute atomic E-state index is 12.5. The highest BCUT2D eigenvalue weighted by molar-refractivity contribution is 7.99. The molecule has 0 atom stereocenters. The molecule has 0 radical (unpaired) electrons. The van der Waals surface area contributed by atoms with E-state index in [1.54, 1.807) is 31.2 Å². The first-order valence-electron chi connectivity index (χ1n) is 10.8. The fourth-order valence-corrected chi connectivity index (χ4v) is 4.14. The number of amides is 1. The van der Waals surface area contributed by atoms with Crippen molar-refractivity contribution in [1.82, 2.24) is 20.2 Å². The SMILES string of the molecule is C/C(=N\NC(=O)CSc1nnc(-c2ccc(Cl)cc2)n1-c1ccc(C)cc1)c1ccc([N+](=O)[O-])cc1. The van der Waals surface area contributed by atoms with Gasteiger partial charge >= 0.3 is 0 Å². The Labute approximate surface area is 216 Å². The van der Waals surface area contributed by atoms with Crippen molar-refractivity contribution in [3.63, 3.8) is 0 Å². The van der Waals surface area contributed by atoms with E-state index in [0.717, 1.165) is 16.8 Å². The summed E-state index contributed by atoms with van der Waals surface area (Å²) in [6.07, 6.45) is 0. The summed E-state index contributed by atoms with van der Waals surface area (Å²) < 4.78 is 1.89. The molecule has 1 N–H and O–H groups in total. The van der Waals surface area contributed by atoms with Crippen LogP contribution in [0.3, 0.4) is 0 Å². The Hall–Kier alpha value is -4.02. The van der Waals surface area contributed by atoms with Gasteiger partial charge in [-0.25, -0.2) is 5.43 Å². The summed E-state index contributed by atoms with van der Waals surface area (Å²) in [4.78, 5) is 22.8. The zero-order valence-corrected chi connectivity index (χ0v) is 21.0. The Morgan fingerprint density at radius 2 is 1.72 bits per heavy atom. The number of nitro benzene ring substituents is 1. The Bertz CT molecular complexity index is 1420. The van der Waals surface area contributed by atoms with Gasteiger partial charge in [0.1, 0.15) is 0 Å². The molecule has 4 rings (SSSR count). The van der Waals surface area contributed by atoms with E-state index in [1.165, 1.54) is 23.9 Å². The fraction of sp³-hybridized carbons (Fsp3) is 0.120. The van der Waals surface area contributed by atoms with Crippen molar-refractivity contribution < 1.29 is 9.72 Å². The summed E-state index contributed by atoms with van der Waals surface area (Å²) in [7, 11) is 0. The first-order chi connectivity index (χ1) is 17.3. The summed E-state index contributed by atoms with van der Waals surface area (Å²) in [6, 6.07) is 21.2. The normalized spacial score (nSPS) is 11.4. The molecule has 0 saturated heterocycles. The predicted octanol–water partition coefficient (Wildman–Crippen LogP) is 5.44. The van der Waals surface area contributed by atoms with Gasteiger partial charge < -0.3 is 0 Å². The molecule has 4 aromatic rings. The standard InChI is InChI=1S/C25H21ClN6O3S/c1-16-3-11-21(12-4-16)31-24(19-5-9-20(26)10-6-19)29-30-25(31)36-15-23(33)28-27-17(2)18-7-13-22(14-8-18)32(34)35/h3-14H,15H2,1-2H3,(H,28,33)/b27-17+. The smallest absolute Gasteiger partial charge is 0.269 e. The van der Waals surface area contributed by atoms with E-state index in [2.05, 4.69) is 20.7 Å². The van der Waals surface area contributed by atoms with Gasteiger partial charge in [-0.3, -0.25) is 19.5 Å². The number of nitro groups is 1. The van der Waals surface area contributed by atoms with Crippen LogP contribution in [-0.2, 0) is 4.79 Å². The highest BCUT2D eigenvalue weighted by Crippen LogP contribution is 2.29. The van der Waals surface area contributed by atoms with E-state index in [4.69, 9.17) is 11.6 Å². The Kier molecular flexibility index (Phi) is 7.77. The van der Waals surface area contributed by atoms with Crippen molar-refractivity contribution in [3.8, 4) is 17.1 Å². The number of thioether (sulfide) groups is 1. The molecule has 0 aliphatic rings. The number of aromatic nitrogens is 3. The third kappa shape index (κ3) is 5.96. The molecule has 182 valence electrons. The summed E-state index contributed by atoms with van der Waals surface area (Å²) in [5.41, 5.74) is 6.53. The van der Waals surface area contributed by atoms with Gasteiger partial charge in [0.05, 0.1) is 16.4 Å². The molecule has 1 amide bonds. The number of nitrogens with one attached hydrogen (secondary N) is 1. The van der Waals surface area contributed by atoms with Gasteiger partial charge in [-0.15, -0.1) is 10.2 Å². The van der Waals surface area contributed by atoms with Gasteiger partial charge in [0.15, 0.2) is 11.0 Å². The molecule has 0 aliphatic carbocycles. The summed E-state index contributed by atoms with van der Waals surface area (Å²) >= 11 is 7.28. The van der Waals surface area contributed by atoms with Gasteiger partial charge in [0.25, 0.3) is 11.6 Å². The number of hydrogen-bond acceptors (Lipinski definition) is 7. The highest BCUT2D eigenvalue weighted by atomic mass is 35.5. The molecule has 0 unspecified atom stereocenters. The maximum atomic E-state index is 12.5. The number of benzene rings is 3. The highest BCUT2D eigenvalue weighted by Gasteiger charge is 2.17. The van der Waals surface area contributed by atoms with Crippen LogP contribution in [0.4, 0.5) is 5.69 Å². The molecule has 1 heterocycles. The topological polar surface area (TPSA) is 115 Å². The number of halogens is 1. The van der Waals surface area contributed by atoms with Gasteiger partial charge in [-0.05, 0) is 67.9 Å². The number of rotatable bonds is 8. The molecular formula is C25H21ClN6O3S. The van der Waals surface area contributed by atoms with Crippen LogP contribution in [0.5, 0.6) is 0 Å². The molecule has 11 heteroatoms. The number of carbonyl (C=O) groups excluding carboxylic acids is 1. The molecule has 0 aliphatic heterocycles. The molecular weight excluding hydrogens is 500 g/mol. The minimum Gasteiger partial charge on any atom is -0.272 e. The van der Waals surface area contributed by atoms with Crippen molar-refractivity contribution >= 4 is 40.7 Å². The second kappa shape index (κ2) is 11.1. The molecule has 0 fully saturated rings. The maximum Gasteiger partial charge on any atom is 0.269 e. The number of hydrazone groups is 1. The number of non-ortho nitro benzene ring substituents is 1. The zero-order valence-electron chi connectivity index (χ0n) is 19.4. The van der Waals surface area contributed by atoms with Crippen LogP contribution in [0.25, 0.3) is 17.1 Å². The van der Waals surface area contributed by atoms with Crippen LogP contribution in [0.2, 0.25) is 5.02 Å². The molecule has 0 saturated carbocycles. The lowest BCUT2D eigenvalue weighted by Gasteiger charge is -2.11.